The maximum Gasteiger partial charge on any atom is 0.246 e. The van der Waals surface area contributed by atoms with Gasteiger partial charge in [-0.3, -0.25) is 4.98 Å². The number of aromatic nitrogens is 2. The molecular weight excluding hydrogens is 370 g/mol. The van der Waals surface area contributed by atoms with E-state index in [0.717, 1.165) is 16.6 Å². The number of nitrogens with zero attached hydrogens (tertiary/aromatic N) is 3. The average Bonchev–Trinajstić information content (AvgIpc) is 3.22. The van der Waals surface area contributed by atoms with E-state index in [4.69, 9.17) is 0 Å². The molecule has 28 heavy (non-hydrogen) atoms. The van der Waals surface area contributed by atoms with Crippen LogP contribution in [0.15, 0.2) is 90.1 Å². The van der Waals surface area contributed by atoms with Gasteiger partial charge in [-0.25, -0.2) is 8.42 Å². The molecule has 0 spiro atoms. The third kappa shape index (κ3) is 2.65. The summed E-state index contributed by atoms with van der Waals surface area (Å²) in [6.45, 7) is 1.04. The van der Waals surface area contributed by atoms with Gasteiger partial charge in [0.25, 0.3) is 0 Å². The molecule has 0 amide bonds. The maximum absolute atomic E-state index is 13.8. The summed E-state index contributed by atoms with van der Waals surface area (Å²) in [6, 6.07) is 22.4. The van der Waals surface area contributed by atoms with Gasteiger partial charge in [0.15, 0.2) is 0 Å². The van der Waals surface area contributed by atoms with Gasteiger partial charge in [0.1, 0.15) is 4.90 Å². The number of hydrogen-bond acceptors (Lipinski definition) is 3. The first-order valence-electron chi connectivity index (χ1n) is 9.22. The molecule has 4 aromatic rings. The van der Waals surface area contributed by atoms with Crippen LogP contribution < -0.4 is 0 Å². The Labute approximate surface area is 163 Å². The van der Waals surface area contributed by atoms with E-state index in [-0.39, 0.29) is 10.9 Å². The third-order valence-corrected chi connectivity index (χ3v) is 7.19. The lowest BCUT2D eigenvalue weighted by atomic mass is 10.0. The molecule has 0 saturated carbocycles. The normalized spacial score (nSPS) is 17.5. The largest absolute Gasteiger partial charge is 0.348 e. The van der Waals surface area contributed by atoms with Crippen molar-refractivity contribution in [1.29, 1.82) is 0 Å². The summed E-state index contributed by atoms with van der Waals surface area (Å²) in [4.78, 5) is 4.62. The molecule has 1 aliphatic heterocycles. The molecule has 2 aromatic heterocycles. The fourth-order valence-electron chi connectivity index (χ4n) is 4.00. The Kier molecular flexibility index (Phi) is 4.03. The molecule has 0 bridgehead atoms. The Morgan fingerprint density at radius 3 is 2.54 bits per heavy atom. The third-order valence-electron chi connectivity index (χ3n) is 5.29. The molecule has 0 N–H and O–H groups in total. The molecule has 0 radical (unpaired) electrons. The lowest BCUT2D eigenvalue weighted by molar-refractivity contribution is 0.298. The van der Waals surface area contributed by atoms with Crippen molar-refractivity contribution < 1.29 is 8.42 Å². The fourth-order valence-corrected chi connectivity index (χ4v) is 5.75. The van der Waals surface area contributed by atoms with Gasteiger partial charge in [0.2, 0.25) is 10.0 Å². The van der Waals surface area contributed by atoms with E-state index in [9.17, 15) is 8.42 Å². The molecule has 0 saturated heterocycles. The predicted octanol–water partition coefficient (Wildman–Crippen LogP) is 3.83. The summed E-state index contributed by atoms with van der Waals surface area (Å²) < 4.78 is 31.3. The van der Waals surface area contributed by atoms with Crippen molar-refractivity contribution in [3.8, 4) is 0 Å². The Morgan fingerprint density at radius 1 is 0.857 bits per heavy atom. The summed E-state index contributed by atoms with van der Waals surface area (Å²) >= 11 is 0. The van der Waals surface area contributed by atoms with Gasteiger partial charge in [-0.15, -0.1) is 0 Å². The first kappa shape index (κ1) is 17.2. The second kappa shape index (κ2) is 6.58. The highest BCUT2D eigenvalue weighted by molar-refractivity contribution is 7.89. The molecule has 1 atom stereocenters. The minimum Gasteiger partial charge on any atom is -0.348 e. The van der Waals surface area contributed by atoms with Crippen LogP contribution in [-0.2, 0) is 16.6 Å². The number of hydrogen-bond donors (Lipinski definition) is 0. The van der Waals surface area contributed by atoms with Gasteiger partial charge in [-0.2, -0.15) is 4.31 Å². The minimum atomic E-state index is -3.75. The van der Waals surface area contributed by atoms with Crippen LogP contribution in [0.5, 0.6) is 0 Å². The van der Waals surface area contributed by atoms with Crippen molar-refractivity contribution >= 4 is 20.9 Å². The van der Waals surface area contributed by atoms with E-state index in [0.29, 0.717) is 18.6 Å². The molecule has 0 aliphatic carbocycles. The number of para-hydroxylation sites is 1. The highest BCUT2D eigenvalue weighted by atomic mass is 32.2. The van der Waals surface area contributed by atoms with Crippen molar-refractivity contribution in [3.63, 3.8) is 0 Å². The molecule has 6 heteroatoms. The summed E-state index contributed by atoms with van der Waals surface area (Å²) in [5.74, 6) is 0. The molecule has 3 heterocycles. The molecule has 5 nitrogen and oxygen atoms in total. The maximum atomic E-state index is 13.8. The number of rotatable bonds is 3. The van der Waals surface area contributed by atoms with Crippen molar-refractivity contribution in [2.45, 2.75) is 17.5 Å². The fraction of sp³-hybridized carbons (Fsp3) is 0.136. The zero-order valence-corrected chi connectivity index (χ0v) is 16.0. The first-order valence-corrected chi connectivity index (χ1v) is 10.7. The van der Waals surface area contributed by atoms with Crippen LogP contribution in [0.2, 0.25) is 0 Å². The molecule has 0 fully saturated rings. The van der Waals surface area contributed by atoms with Crippen LogP contribution in [0.1, 0.15) is 17.3 Å². The van der Waals surface area contributed by atoms with E-state index < -0.39 is 10.0 Å². The molecule has 140 valence electrons. The lowest BCUT2D eigenvalue weighted by Crippen LogP contribution is -2.42. The van der Waals surface area contributed by atoms with E-state index in [1.54, 1.807) is 22.6 Å². The van der Waals surface area contributed by atoms with E-state index in [1.165, 1.54) is 0 Å². The van der Waals surface area contributed by atoms with Crippen LogP contribution in [0.3, 0.4) is 0 Å². The summed E-state index contributed by atoms with van der Waals surface area (Å²) in [7, 11) is -3.75. The second-order valence-electron chi connectivity index (χ2n) is 6.89. The average molecular weight is 389 g/mol. The monoisotopic (exact) mass is 389 g/mol. The summed E-state index contributed by atoms with van der Waals surface area (Å²) in [5, 5.41) is 0.820. The molecular formula is C22H19N3O2S. The van der Waals surface area contributed by atoms with E-state index in [2.05, 4.69) is 9.55 Å². The van der Waals surface area contributed by atoms with Crippen LogP contribution in [0, 0.1) is 0 Å². The topological polar surface area (TPSA) is 55.2 Å². The van der Waals surface area contributed by atoms with Gasteiger partial charge >= 0.3 is 0 Å². The highest BCUT2D eigenvalue weighted by Gasteiger charge is 2.38. The zero-order valence-electron chi connectivity index (χ0n) is 15.1. The smallest absolute Gasteiger partial charge is 0.246 e. The van der Waals surface area contributed by atoms with Crippen LogP contribution >= 0.6 is 0 Å². The van der Waals surface area contributed by atoms with Crippen molar-refractivity contribution in [1.82, 2.24) is 13.9 Å². The number of pyridine rings is 1. The van der Waals surface area contributed by atoms with Gasteiger partial charge in [0.05, 0.1) is 11.6 Å². The summed E-state index contributed by atoms with van der Waals surface area (Å²) in [5.41, 5.74) is 2.45. The Balaban J connectivity index is 1.70. The first-order chi connectivity index (χ1) is 13.7. The van der Waals surface area contributed by atoms with Gasteiger partial charge in [0, 0.05) is 36.6 Å². The number of fused-ring (bicyclic) bond motifs is 2. The van der Waals surface area contributed by atoms with Gasteiger partial charge in [-0.05, 0) is 29.8 Å². The van der Waals surface area contributed by atoms with Gasteiger partial charge in [-0.1, -0.05) is 48.5 Å². The molecule has 1 unspecified atom stereocenters. The van der Waals surface area contributed by atoms with Crippen LogP contribution in [-0.4, -0.2) is 28.8 Å². The summed E-state index contributed by atoms with van der Waals surface area (Å²) in [6.07, 6.45) is 3.64. The van der Waals surface area contributed by atoms with E-state index >= 15 is 0 Å². The Hall–Kier alpha value is -2.96. The van der Waals surface area contributed by atoms with Crippen molar-refractivity contribution in [2.75, 3.05) is 6.54 Å². The highest BCUT2D eigenvalue weighted by Crippen LogP contribution is 2.37. The standard InChI is InChI=1S/C22H19N3O2S/c26-28(27,20-12-4-9-17-10-5-13-23-21(17)20)25-16-15-24-14-6-11-19(24)22(25)18-7-2-1-3-8-18/h1-14,22H,15-16H2. The van der Waals surface area contributed by atoms with Crippen LogP contribution in [0.25, 0.3) is 10.9 Å². The van der Waals surface area contributed by atoms with Crippen molar-refractivity contribution in [3.05, 3.63) is 96.4 Å². The zero-order chi connectivity index (χ0) is 19.1. The molecule has 5 rings (SSSR count). The molecule has 1 aliphatic rings. The van der Waals surface area contributed by atoms with E-state index in [1.807, 2.05) is 66.9 Å². The quantitative estimate of drug-likeness (QED) is 0.535. The van der Waals surface area contributed by atoms with Crippen LogP contribution in [0.4, 0.5) is 0 Å². The lowest BCUT2D eigenvalue weighted by Gasteiger charge is -2.36. The Bertz CT molecular complexity index is 1240. The molecule has 2 aromatic carbocycles. The second-order valence-corrected chi connectivity index (χ2v) is 8.75. The van der Waals surface area contributed by atoms with Crippen molar-refractivity contribution in [2.24, 2.45) is 0 Å². The Morgan fingerprint density at radius 2 is 1.68 bits per heavy atom. The predicted molar refractivity (Wildman–Crippen MR) is 108 cm³/mol. The SMILES string of the molecule is O=S(=O)(c1cccc2cccnc12)N1CCn2cccc2C1c1ccccc1. The number of benzene rings is 2. The minimum absolute atomic E-state index is 0.256. The van der Waals surface area contributed by atoms with Gasteiger partial charge < -0.3 is 4.57 Å². The number of sulfonamides is 1.